The Morgan fingerprint density at radius 2 is 1.97 bits per heavy atom. The molecule has 2 aromatic heterocycles. The zero-order chi connectivity index (χ0) is 21.8. The summed E-state index contributed by atoms with van der Waals surface area (Å²) in [5.41, 5.74) is 8.92. The maximum atomic E-state index is 6.42. The van der Waals surface area contributed by atoms with Crippen LogP contribution in [-0.2, 0) is 6.54 Å². The highest BCUT2D eigenvalue weighted by Crippen LogP contribution is 2.30. The number of pyridine rings is 1. The number of rotatable bonds is 9. The number of likely N-dealkylation sites (N-methyl/N-ethyl adjacent to an activating group) is 1. The fourth-order valence-electron chi connectivity index (χ4n) is 3.83. The summed E-state index contributed by atoms with van der Waals surface area (Å²) in [6, 6.07) is 4.12. The van der Waals surface area contributed by atoms with E-state index in [-0.39, 0.29) is 12.7 Å². The lowest BCUT2D eigenvalue weighted by Gasteiger charge is -2.24. The van der Waals surface area contributed by atoms with E-state index in [2.05, 4.69) is 15.1 Å². The summed E-state index contributed by atoms with van der Waals surface area (Å²) in [4.78, 5) is 8.88. The van der Waals surface area contributed by atoms with Gasteiger partial charge in [0.1, 0.15) is 18.7 Å². The van der Waals surface area contributed by atoms with Crippen LogP contribution >= 0.6 is 0 Å². The molecule has 31 heavy (non-hydrogen) atoms. The number of hydrogen-bond acceptors (Lipinski definition) is 8. The SMILES string of the molecule is Cc1nc(/C(N)=C(\COc2ncn(CC3CC3)n2)N(C)N)ccc1OC1CCCCC1. The minimum atomic E-state index is 0.146. The van der Waals surface area contributed by atoms with Crippen LogP contribution in [0, 0.1) is 12.8 Å². The van der Waals surface area contributed by atoms with E-state index in [0.29, 0.717) is 23.1 Å². The fraction of sp³-hybridized carbons (Fsp3) is 0.591. The Bertz CT molecular complexity index is 914. The van der Waals surface area contributed by atoms with Gasteiger partial charge < -0.3 is 20.2 Å². The largest absolute Gasteiger partial charge is 0.489 e. The summed E-state index contributed by atoms with van der Waals surface area (Å²) in [5.74, 6) is 7.56. The third-order valence-corrected chi connectivity index (χ3v) is 5.89. The van der Waals surface area contributed by atoms with E-state index in [4.69, 9.17) is 21.1 Å². The van der Waals surface area contributed by atoms with Crippen molar-refractivity contribution < 1.29 is 9.47 Å². The lowest BCUT2D eigenvalue weighted by atomic mass is 9.98. The van der Waals surface area contributed by atoms with Crippen LogP contribution in [0.15, 0.2) is 24.2 Å². The zero-order valence-corrected chi connectivity index (χ0v) is 18.5. The van der Waals surface area contributed by atoms with Gasteiger partial charge in [-0.1, -0.05) is 6.42 Å². The summed E-state index contributed by atoms with van der Waals surface area (Å²) in [6.45, 7) is 2.97. The number of hydrazine groups is 1. The Balaban J connectivity index is 1.43. The number of hydrogen-bond donors (Lipinski definition) is 2. The molecule has 9 heteroatoms. The lowest BCUT2D eigenvalue weighted by Crippen LogP contribution is -2.31. The molecule has 2 saturated carbocycles. The molecule has 0 saturated heterocycles. The molecule has 0 aromatic carbocycles. The number of nitrogens with zero attached hydrogens (tertiary/aromatic N) is 5. The van der Waals surface area contributed by atoms with Crippen LogP contribution in [-0.4, -0.2) is 44.5 Å². The molecule has 0 atom stereocenters. The highest BCUT2D eigenvalue weighted by atomic mass is 16.5. The van der Waals surface area contributed by atoms with Crippen LogP contribution in [0.5, 0.6) is 11.8 Å². The molecule has 2 aliphatic rings. The van der Waals surface area contributed by atoms with E-state index in [1.165, 1.54) is 37.1 Å². The molecule has 0 unspecified atom stereocenters. The number of nitrogens with two attached hydrogens (primary N) is 2. The first-order chi connectivity index (χ1) is 15.0. The van der Waals surface area contributed by atoms with Gasteiger partial charge in [-0.25, -0.2) is 15.5 Å². The molecule has 0 spiro atoms. The minimum Gasteiger partial charge on any atom is -0.489 e. The smallest absolute Gasteiger partial charge is 0.335 e. The molecular weight excluding hydrogens is 394 g/mol. The van der Waals surface area contributed by atoms with Crippen molar-refractivity contribution in [2.75, 3.05) is 13.7 Å². The summed E-state index contributed by atoms with van der Waals surface area (Å²) >= 11 is 0. The van der Waals surface area contributed by atoms with Gasteiger partial charge >= 0.3 is 6.01 Å². The first kappa shape index (κ1) is 21.4. The van der Waals surface area contributed by atoms with Crippen molar-refractivity contribution in [1.82, 2.24) is 24.8 Å². The van der Waals surface area contributed by atoms with Crippen molar-refractivity contribution in [2.24, 2.45) is 17.5 Å². The van der Waals surface area contributed by atoms with Gasteiger partial charge in [-0.05, 0) is 63.5 Å². The summed E-state index contributed by atoms with van der Waals surface area (Å²) in [6.07, 6.45) is 10.4. The van der Waals surface area contributed by atoms with Crippen molar-refractivity contribution in [3.63, 3.8) is 0 Å². The topological polar surface area (TPSA) is 117 Å². The molecule has 0 bridgehead atoms. The Labute approximate surface area is 183 Å². The molecule has 4 rings (SSSR count). The monoisotopic (exact) mass is 427 g/mol. The highest BCUT2D eigenvalue weighted by molar-refractivity contribution is 5.63. The van der Waals surface area contributed by atoms with Crippen LogP contribution in [0.4, 0.5) is 0 Å². The Morgan fingerprint density at radius 1 is 1.19 bits per heavy atom. The van der Waals surface area contributed by atoms with E-state index in [1.807, 2.05) is 23.7 Å². The third-order valence-electron chi connectivity index (χ3n) is 5.89. The average molecular weight is 428 g/mol. The lowest BCUT2D eigenvalue weighted by molar-refractivity contribution is 0.153. The normalized spacial score (nSPS) is 17.9. The molecule has 168 valence electrons. The minimum absolute atomic E-state index is 0.146. The molecule has 2 heterocycles. The second-order valence-electron chi connectivity index (χ2n) is 8.61. The molecule has 4 N–H and O–H groups in total. The standard InChI is InChI=1S/C22H33N7O2/c1-15-20(31-17-6-4-3-5-7-17)11-10-18(26-15)21(23)19(28(2)24)13-30-22-25-14-29(27-22)12-16-8-9-16/h10-11,14,16-17H,3-9,12-13,23-24H2,1-2H3/b21-19-. The van der Waals surface area contributed by atoms with Gasteiger partial charge in [-0.3, -0.25) is 0 Å². The summed E-state index contributed by atoms with van der Waals surface area (Å²) in [5, 5.41) is 5.81. The van der Waals surface area contributed by atoms with E-state index < -0.39 is 0 Å². The average Bonchev–Trinajstić information content (AvgIpc) is 3.46. The molecule has 9 nitrogen and oxygen atoms in total. The van der Waals surface area contributed by atoms with Gasteiger partial charge in [0.25, 0.3) is 0 Å². The molecule has 2 aromatic rings. The number of aryl methyl sites for hydroxylation is 1. The molecule has 0 amide bonds. The van der Waals surface area contributed by atoms with Gasteiger partial charge in [-0.15, -0.1) is 5.10 Å². The molecule has 2 fully saturated rings. The summed E-state index contributed by atoms with van der Waals surface area (Å²) < 4.78 is 13.7. The molecule has 2 aliphatic carbocycles. The quantitative estimate of drug-likeness (QED) is 0.463. The van der Waals surface area contributed by atoms with Gasteiger partial charge in [-0.2, -0.15) is 4.98 Å². The molecule has 0 aliphatic heterocycles. The fourth-order valence-corrected chi connectivity index (χ4v) is 3.83. The molecular formula is C22H33N7O2. The van der Waals surface area contributed by atoms with Crippen LogP contribution < -0.4 is 21.1 Å². The van der Waals surface area contributed by atoms with Gasteiger partial charge in [0.2, 0.25) is 0 Å². The van der Waals surface area contributed by atoms with E-state index in [9.17, 15) is 0 Å². The maximum absolute atomic E-state index is 6.42. The maximum Gasteiger partial charge on any atom is 0.335 e. The van der Waals surface area contributed by atoms with Gasteiger partial charge in [0.05, 0.1) is 28.9 Å². The highest BCUT2D eigenvalue weighted by Gasteiger charge is 2.22. The van der Waals surface area contributed by atoms with Crippen LogP contribution in [0.1, 0.15) is 56.3 Å². The van der Waals surface area contributed by atoms with Crippen LogP contribution in [0.25, 0.3) is 5.70 Å². The van der Waals surface area contributed by atoms with Crippen molar-refractivity contribution in [1.29, 1.82) is 0 Å². The number of aromatic nitrogens is 4. The first-order valence-electron chi connectivity index (χ1n) is 11.1. The van der Waals surface area contributed by atoms with Crippen LogP contribution in [0.2, 0.25) is 0 Å². The van der Waals surface area contributed by atoms with Crippen molar-refractivity contribution in [3.05, 3.63) is 35.5 Å². The summed E-state index contributed by atoms with van der Waals surface area (Å²) in [7, 11) is 1.72. The second kappa shape index (κ2) is 9.55. The Hall–Kier alpha value is -2.81. The first-order valence-corrected chi connectivity index (χ1v) is 11.1. The third kappa shape index (κ3) is 5.66. The van der Waals surface area contributed by atoms with Crippen molar-refractivity contribution in [3.8, 4) is 11.8 Å². The Kier molecular flexibility index (Phi) is 6.60. The predicted octanol–water partition coefficient (Wildman–Crippen LogP) is 2.61. The van der Waals surface area contributed by atoms with Crippen molar-refractivity contribution in [2.45, 2.75) is 64.5 Å². The number of ether oxygens (including phenoxy) is 2. The van der Waals surface area contributed by atoms with Crippen molar-refractivity contribution >= 4 is 5.70 Å². The second-order valence-corrected chi connectivity index (χ2v) is 8.61. The Morgan fingerprint density at radius 3 is 2.65 bits per heavy atom. The van der Waals surface area contributed by atoms with E-state index >= 15 is 0 Å². The van der Waals surface area contributed by atoms with E-state index in [0.717, 1.165) is 36.7 Å². The van der Waals surface area contributed by atoms with Crippen LogP contribution in [0.3, 0.4) is 0 Å². The predicted molar refractivity (Wildman–Crippen MR) is 118 cm³/mol. The molecule has 0 radical (unpaired) electrons. The van der Waals surface area contributed by atoms with Gasteiger partial charge in [0, 0.05) is 13.6 Å². The van der Waals surface area contributed by atoms with E-state index in [1.54, 1.807) is 13.4 Å². The zero-order valence-electron chi connectivity index (χ0n) is 18.5. The van der Waals surface area contributed by atoms with Gasteiger partial charge in [0.15, 0.2) is 0 Å².